The van der Waals surface area contributed by atoms with E-state index in [1.807, 2.05) is 0 Å². The number of phenols is 1. The van der Waals surface area contributed by atoms with Crippen LogP contribution in [-0.4, -0.2) is 5.11 Å². The van der Waals surface area contributed by atoms with Gasteiger partial charge >= 0.3 is 19.5 Å². The van der Waals surface area contributed by atoms with Crippen molar-refractivity contribution in [2.75, 3.05) is 0 Å². The van der Waals surface area contributed by atoms with Crippen molar-refractivity contribution >= 4 is 0 Å². The van der Waals surface area contributed by atoms with Crippen LogP contribution in [0.2, 0.25) is 0 Å². The summed E-state index contributed by atoms with van der Waals surface area (Å²) in [6.45, 7) is 36.7. The van der Waals surface area contributed by atoms with Crippen LogP contribution in [0.1, 0.15) is 155 Å². The van der Waals surface area contributed by atoms with Gasteiger partial charge < -0.3 is 11.7 Å². The molecule has 0 spiro atoms. The van der Waals surface area contributed by atoms with Gasteiger partial charge in [-0.3, -0.25) is 6.58 Å². The Morgan fingerprint density at radius 1 is 0.744 bits per heavy atom. The molecule has 0 heterocycles. The zero-order valence-corrected chi connectivity index (χ0v) is 28.2. The van der Waals surface area contributed by atoms with Gasteiger partial charge in [-0.1, -0.05) is 102 Å². The Morgan fingerprint density at radius 2 is 1.15 bits per heavy atom. The fraction of sp³-hybridized carbons (Fsp3) is 0.611. The molecule has 39 heavy (non-hydrogen) atoms. The standard InChI is InChI=1S/C34H53O.C2H3.Co.O/c1-14-31(6,7)25-18-24(19-26(20-25)32(8,9)15-2)23(5)28-21-27(33(10,11)16-3)22-29(30(28)35)34(12,13)17-4;1-2;;/h18,20-23,35H,14-17H2,1-13H3;1H,2H2;;/q2*-1;;. The van der Waals surface area contributed by atoms with Gasteiger partial charge in [0.2, 0.25) is 0 Å². The fourth-order valence-corrected chi connectivity index (χ4v) is 4.43. The molecule has 0 aliphatic heterocycles. The number of aromatic hydroxyl groups is 1. The second kappa shape index (κ2) is 14.8. The van der Waals surface area contributed by atoms with E-state index in [9.17, 15) is 5.11 Å². The van der Waals surface area contributed by atoms with Gasteiger partial charge in [0, 0.05) is 5.56 Å². The van der Waals surface area contributed by atoms with E-state index < -0.39 is 0 Å². The van der Waals surface area contributed by atoms with Crippen molar-refractivity contribution in [3.05, 3.63) is 76.9 Å². The van der Waals surface area contributed by atoms with Gasteiger partial charge in [-0.2, -0.15) is 34.9 Å². The summed E-state index contributed by atoms with van der Waals surface area (Å²) >= 11 is 2.31. The maximum atomic E-state index is 11.7. The van der Waals surface area contributed by atoms with Crippen LogP contribution in [0.25, 0.3) is 0 Å². The summed E-state index contributed by atoms with van der Waals surface area (Å²) in [5, 5.41) is 11.7. The van der Waals surface area contributed by atoms with Gasteiger partial charge in [-0.15, -0.1) is 0 Å². The van der Waals surface area contributed by atoms with Crippen LogP contribution in [0, 0.1) is 12.6 Å². The molecule has 0 fully saturated rings. The van der Waals surface area contributed by atoms with Gasteiger partial charge in [0.25, 0.3) is 0 Å². The molecule has 3 heteroatoms. The zero-order chi connectivity index (χ0) is 31.0. The summed E-state index contributed by atoms with van der Waals surface area (Å²) in [6, 6.07) is 13.1. The number of rotatable bonds is 10. The van der Waals surface area contributed by atoms with Crippen molar-refractivity contribution < 1.29 is 24.6 Å². The predicted octanol–water partition coefficient (Wildman–Crippen LogP) is 10.6. The summed E-state index contributed by atoms with van der Waals surface area (Å²) in [5.74, 6) is 0.512. The zero-order valence-electron chi connectivity index (χ0n) is 27.2. The minimum absolute atomic E-state index is 0.0475. The Kier molecular flexibility index (Phi) is 14.1. The van der Waals surface area contributed by atoms with E-state index in [1.54, 1.807) is 0 Å². The molecule has 2 aromatic carbocycles. The molecular formula is C36H56CoO2-2. The van der Waals surface area contributed by atoms with Gasteiger partial charge in [-0.05, 0) is 64.4 Å². The summed E-state index contributed by atoms with van der Waals surface area (Å²) in [4.78, 5) is 0. The van der Waals surface area contributed by atoms with Gasteiger partial charge in [-0.25, -0.2) is 0 Å². The molecule has 1 atom stereocenters. The van der Waals surface area contributed by atoms with Gasteiger partial charge in [0.1, 0.15) is 5.75 Å². The molecule has 1 N–H and O–H groups in total. The Hall–Kier alpha value is -1.71. The van der Waals surface area contributed by atoms with Crippen molar-refractivity contribution in [2.24, 2.45) is 0 Å². The molecule has 1 unspecified atom stereocenters. The number of benzene rings is 2. The minimum atomic E-state index is -0.0937. The third-order valence-electron chi connectivity index (χ3n) is 9.52. The number of hydrogen-bond acceptors (Lipinski definition) is 2. The van der Waals surface area contributed by atoms with E-state index in [-0.39, 0.29) is 27.6 Å². The molecule has 2 nitrogen and oxygen atoms in total. The predicted molar refractivity (Wildman–Crippen MR) is 165 cm³/mol. The fourth-order valence-electron chi connectivity index (χ4n) is 4.43. The monoisotopic (exact) mass is 579 g/mol. The van der Waals surface area contributed by atoms with Crippen molar-refractivity contribution in [3.63, 3.8) is 0 Å². The Labute approximate surface area is 249 Å². The van der Waals surface area contributed by atoms with Crippen LogP contribution in [0.5, 0.6) is 5.75 Å². The first-order valence-corrected chi connectivity index (χ1v) is 14.9. The van der Waals surface area contributed by atoms with Crippen LogP contribution < -0.4 is 0 Å². The molecule has 2 aromatic rings. The first-order chi connectivity index (χ1) is 18.0. The van der Waals surface area contributed by atoms with E-state index in [2.05, 4.69) is 149 Å². The second-order valence-corrected chi connectivity index (χ2v) is 13.4. The average Bonchev–Trinajstić information content (AvgIpc) is 2.94. The first kappa shape index (κ1) is 37.3. The molecule has 0 saturated heterocycles. The maximum absolute atomic E-state index is 11.7. The molecule has 0 saturated carbocycles. The second-order valence-electron chi connectivity index (χ2n) is 13.4. The van der Waals surface area contributed by atoms with Crippen LogP contribution in [-0.2, 0) is 41.2 Å². The number of hydrogen-bond donors (Lipinski definition) is 1. The van der Waals surface area contributed by atoms with Crippen LogP contribution in [0.3, 0.4) is 0 Å². The van der Waals surface area contributed by atoms with E-state index in [4.69, 9.17) is 3.87 Å². The molecular weight excluding hydrogens is 523 g/mol. The number of phenolic OH excluding ortho intramolecular Hbond substituents is 1. The molecule has 0 radical (unpaired) electrons. The van der Waals surface area contributed by atoms with Crippen molar-refractivity contribution in [1.29, 1.82) is 0 Å². The molecule has 223 valence electrons. The molecule has 0 amide bonds. The quantitative estimate of drug-likeness (QED) is 0.284. The van der Waals surface area contributed by atoms with Crippen LogP contribution >= 0.6 is 0 Å². The normalized spacial score (nSPS) is 13.1. The Bertz CT molecular complexity index is 1030. The van der Waals surface area contributed by atoms with Crippen molar-refractivity contribution in [2.45, 2.75) is 143 Å². The van der Waals surface area contributed by atoms with E-state index in [1.165, 1.54) is 22.3 Å². The van der Waals surface area contributed by atoms with Crippen molar-refractivity contribution in [1.82, 2.24) is 0 Å². The average molecular weight is 580 g/mol. The topological polar surface area (TPSA) is 37.3 Å². The van der Waals surface area contributed by atoms with E-state index in [0.717, 1.165) is 36.8 Å². The molecule has 0 bridgehead atoms. The third kappa shape index (κ3) is 8.63. The summed E-state index contributed by atoms with van der Waals surface area (Å²) in [7, 11) is 0. The molecule has 0 aliphatic carbocycles. The van der Waals surface area contributed by atoms with Crippen LogP contribution in [0.15, 0.2) is 30.8 Å². The van der Waals surface area contributed by atoms with Gasteiger partial charge in [0.05, 0.1) is 0 Å². The Morgan fingerprint density at radius 3 is 1.56 bits per heavy atom. The molecule has 0 aromatic heterocycles. The third-order valence-corrected chi connectivity index (χ3v) is 9.52. The van der Waals surface area contributed by atoms with Crippen LogP contribution in [0.4, 0.5) is 0 Å². The Balaban J connectivity index is 0.00000344. The van der Waals surface area contributed by atoms with Crippen molar-refractivity contribution in [3.8, 4) is 5.75 Å². The first-order valence-electron chi connectivity index (χ1n) is 14.5. The SMILES string of the molecule is CCC(C)(C)c1[c-]c(C(C)c2cc(C(C)(C)CC)cc(C(C)(C)CC)c2O)cc(C(C)(C)CC)c1.[CH-]=C.[O]=[Co]. The summed E-state index contributed by atoms with van der Waals surface area (Å²) in [5.41, 5.74) is 7.34. The summed E-state index contributed by atoms with van der Waals surface area (Å²) < 4.78 is 7.94. The summed E-state index contributed by atoms with van der Waals surface area (Å²) in [6.07, 6.45) is 4.18. The van der Waals surface area contributed by atoms with Gasteiger partial charge in [0.15, 0.2) is 0 Å². The molecule has 2 rings (SSSR count). The molecule has 0 aliphatic rings. The van der Waals surface area contributed by atoms with E-state index >= 15 is 0 Å². The van der Waals surface area contributed by atoms with E-state index in [0.29, 0.717) is 5.75 Å².